The molecule has 2 aromatic rings. The molecule has 3 aliphatic rings. The maximum atomic E-state index is 11.4. The van der Waals surface area contributed by atoms with Crippen LogP contribution in [0.4, 0.5) is 5.95 Å². The molecule has 1 aromatic heterocycles. The Kier molecular flexibility index (Phi) is 3.15. The van der Waals surface area contributed by atoms with E-state index in [-0.39, 0.29) is 11.3 Å². The Bertz CT molecular complexity index is 864. The van der Waals surface area contributed by atoms with E-state index < -0.39 is 0 Å². The van der Waals surface area contributed by atoms with Crippen LogP contribution in [-0.2, 0) is 17.9 Å². The van der Waals surface area contributed by atoms with Crippen LogP contribution in [-0.4, -0.2) is 51.8 Å². The van der Waals surface area contributed by atoms with Gasteiger partial charge in [0.15, 0.2) is 5.82 Å². The number of anilines is 1. The van der Waals surface area contributed by atoms with Crippen LogP contribution >= 0.6 is 11.6 Å². The van der Waals surface area contributed by atoms with Gasteiger partial charge in [-0.2, -0.15) is 0 Å². The second kappa shape index (κ2) is 5.19. The summed E-state index contributed by atoms with van der Waals surface area (Å²) in [4.78, 5) is 15.6. The molecule has 7 nitrogen and oxygen atoms in total. The van der Waals surface area contributed by atoms with Crippen molar-refractivity contribution in [1.82, 2.24) is 25.0 Å². The van der Waals surface area contributed by atoms with Crippen LogP contribution in [0, 0.1) is 5.41 Å². The molecule has 2 saturated heterocycles. The van der Waals surface area contributed by atoms with Gasteiger partial charge >= 0.3 is 0 Å². The number of halogens is 1. The number of hydrogen-bond acceptors (Lipinski definition) is 5. The molecule has 0 unspecified atom stereocenters. The van der Waals surface area contributed by atoms with Crippen molar-refractivity contribution in [3.63, 3.8) is 0 Å². The Labute approximate surface area is 150 Å². The van der Waals surface area contributed by atoms with Gasteiger partial charge < -0.3 is 15.1 Å². The van der Waals surface area contributed by atoms with Crippen molar-refractivity contribution in [3.05, 3.63) is 34.6 Å². The third-order valence-electron chi connectivity index (χ3n) is 5.43. The summed E-state index contributed by atoms with van der Waals surface area (Å²) in [5.74, 6) is 1.96. The van der Waals surface area contributed by atoms with Crippen LogP contribution in [0.2, 0.25) is 5.02 Å². The minimum absolute atomic E-state index is 0.164. The van der Waals surface area contributed by atoms with Gasteiger partial charge in [-0.1, -0.05) is 11.6 Å². The minimum atomic E-state index is 0.164. The number of nitrogens with zero attached hydrogens (tertiary/aromatic N) is 5. The maximum Gasteiger partial charge on any atom is 0.231 e. The van der Waals surface area contributed by atoms with Gasteiger partial charge in [-0.3, -0.25) is 9.36 Å². The van der Waals surface area contributed by atoms with Gasteiger partial charge in [0, 0.05) is 50.1 Å². The molecule has 5 rings (SSSR count). The average molecular weight is 359 g/mol. The van der Waals surface area contributed by atoms with Crippen LogP contribution in [0.5, 0.6) is 0 Å². The summed E-state index contributed by atoms with van der Waals surface area (Å²) in [6.45, 7) is 6.63. The first kappa shape index (κ1) is 15.2. The van der Waals surface area contributed by atoms with Crippen molar-refractivity contribution in [2.45, 2.75) is 20.0 Å². The number of aromatic nitrogens is 3. The van der Waals surface area contributed by atoms with Gasteiger partial charge in [0.2, 0.25) is 11.9 Å². The zero-order chi connectivity index (χ0) is 17.2. The number of likely N-dealkylation sites (tertiary alicyclic amines) is 1. The van der Waals surface area contributed by atoms with E-state index in [0.29, 0.717) is 6.54 Å². The maximum absolute atomic E-state index is 11.4. The normalized spacial score (nSPS) is 20.4. The molecule has 1 amide bonds. The molecule has 0 aliphatic carbocycles. The number of hydrogen-bond donors (Lipinski definition) is 1. The van der Waals surface area contributed by atoms with E-state index in [9.17, 15) is 4.79 Å². The Hall–Kier alpha value is -2.12. The summed E-state index contributed by atoms with van der Waals surface area (Å²) in [5, 5.41) is 13.0. The molecule has 3 aliphatic heterocycles. The molecule has 1 N–H and O–H groups in total. The van der Waals surface area contributed by atoms with Crippen LogP contribution < -0.4 is 10.2 Å². The van der Waals surface area contributed by atoms with Gasteiger partial charge in [-0.25, -0.2) is 0 Å². The summed E-state index contributed by atoms with van der Waals surface area (Å²) in [6.07, 6.45) is 0. The van der Waals surface area contributed by atoms with Crippen LogP contribution in [0.15, 0.2) is 18.2 Å². The Morgan fingerprint density at radius 3 is 2.76 bits per heavy atom. The predicted molar refractivity (Wildman–Crippen MR) is 93.8 cm³/mol. The van der Waals surface area contributed by atoms with Crippen LogP contribution in [0.3, 0.4) is 0 Å². The number of carbonyl (C=O) groups excluding carboxylic acids is 1. The first-order valence-corrected chi connectivity index (χ1v) is 8.87. The van der Waals surface area contributed by atoms with Crippen LogP contribution in [0.1, 0.15) is 18.3 Å². The zero-order valence-corrected chi connectivity index (χ0v) is 14.8. The van der Waals surface area contributed by atoms with Crippen molar-refractivity contribution in [2.24, 2.45) is 5.41 Å². The van der Waals surface area contributed by atoms with Gasteiger partial charge in [-0.15, -0.1) is 10.2 Å². The van der Waals surface area contributed by atoms with Crippen molar-refractivity contribution in [3.8, 4) is 5.69 Å². The number of carbonyl (C=O) groups is 1. The summed E-state index contributed by atoms with van der Waals surface area (Å²) < 4.78 is 2.14. The summed E-state index contributed by atoms with van der Waals surface area (Å²) in [6, 6.07) is 5.95. The Morgan fingerprint density at radius 1 is 1.20 bits per heavy atom. The Morgan fingerprint density at radius 2 is 2.00 bits per heavy atom. The minimum Gasteiger partial charge on any atom is -0.341 e. The molecular formula is C17H19ClN6O. The lowest BCUT2D eigenvalue weighted by Gasteiger charge is -2.60. The smallest absolute Gasteiger partial charge is 0.231 e. The van der Waals surface area contributed by atoms with E-state index in [0.717, 1.165) is 60.8 Å². The van der Waals surface area contributed by atoms with Crippen molar-refractivity contribution < 1.29 is 4.79 Å². The fourth-order valence-corrected chi connectivity index (χ4v) is 4.38. The fraction of sp³-hybridized carbons (Fsp3) is 0.471. The molecule has 0 atom stereocenters. The van der Waals surface area contributed by atoms with Gasteiger partial charge in [0.1, 0.15) is 0 Å². The SMILES string of the molecule is CC(=O)N1CC2(C1)CN(c1nnc3n1-c1ccc(Cl)cc1CNC3)C2. The van der Waals surface area contributed by atoms with E-state index in [4.69, 9.17) is 11.6 Å². The lowest BCUT2D eigenvalue weighted by molar-refractivity contribution is -0.142. The molecule has 0 bridgehead atoms. The van der Waals surface area contributed by atoms with E-state index in [1.165, 1.54) is 0 Å². The molecule has 130 valence electrons. The fourth-order valence-electron chi connectivity index (χ4n) is 4.19. The predicted octanol–water partition coefficient (Wildman–Crippen LogP) is 1.19. The van der Waals surface area contributed by atoms with E-state index in [1.807, 2.05) is 23.1 Å². The number of rotatable bonds is 1. The molecule has 8 heteroatoms. The van der Waals surface area contributed by atoms with Crippen molar-refractivity contribution in [2.75, 3.05) is 31.1 Å². The number of nitrogens with one attached hydrogen (secondary N) is 1. The first-order valence-electron chi connectivity index (χ1n) is 8.49. The Balaban J connectivity index is 1.44. The van der Waals surface area contributed by atoms with Gasteiger partial charge in [0.05, 0.1) is 12.2 Å². The molecule has 1 spiro atoms. The van der Waals surface area contributed by atoms with Crippen LogP contribution in [0.25, 0.3) is 5.69 Å². The molecule has 1 aromatic carbocycles. The highest BCUT2D eigenvalue weighted by molar-refractivity contribution is 6.30. The lowest BCUT2D eigenvalue weighted by atomic mass is 9.73. The third kappa shape index (κ3) is 2.26. The second-order valence-electron chi connectivity index (χ2n) is 7.36. The monoisotopic (exact) mass is 358 g/mol. The number of amides is 1. The molecular weight excluding hydrogens is 340 g/mol. The molecule has 0 radical (unpaired) electrons. The summed E-state index contributed by atoms with van der Waals surface area (Å²) in [7, 11) is 0. The van der Waals surface area contributed by atoms with Crippen molar-refractivity contribution in [1.29, 1.82) is 0 Å². The van der Waals surface area contributed by atoms with E-state index in [1.54, 1.807) is 6.92 Å². The average Bonchev–Trinajstić information content (AvgIpc) is 2.80. The van der Waals surface area contributed by atoms with Crippen molar-refractivity contribution >= 4 is 23.5 Å². The second-order valence-corrected chi connectivity index (χ2v) is 7.80. The largest absolute Gasteiger partial charge is 0.341 e. The topological polar surface area (TPSA) is 66.3 Å². The summed E-state index contributed by atoms with van der Waals surface area (Å²) in [5.41, 5.74) is 2.47. The molecule has 25 heavy (non-hydrogen) atoms. The molecule has 0 saturated carbocycles. The first-order chi connectivity index (χ1) is 12.0. The molecule has 2 fully saturated rings. The number of benzene rings is 1. The number of fused-ring (bicyclic) bond motifs is 3. The van der Waals surface area contributed by atoms with Gasteiger partial charge in [0.25, 0.3) is 0 Å². The van der Waals surface area contributed by atoms with E-state index in [2.05, 4.69) is 25.0 Å². The standard InChI is InChI=1S/C17H19ClN6O/c1-11(25)22-7-17(8-22)9-23(10-17)16-21-20-15-6-19-5-12-4-13(18)2-3-14(12)24(15)16/h2-4,19H,5-10H2,1H3. The lowest BCUT2D eigenvalue weighted by Crippen LogP contribution is -2.73. The highest BCUT2D eigenvalue weighted by Crippen LogP contribution is 2.42. The van der Waals surface area contributed by atoms with E-state index >= 15 is 0 Å². The summed E-state index contributed by atoms with van der Waals surface area (Å²) >= 11 is 6.16. The quantitative estimate of drug-likeness (QED) is 0.829. The highest BCUT2D eigenvalue weighted by Gasteiger charge is 2.53. The molecule has 4 heterocycles. The third-order valence-corrected chi connectivity index (χ3v) is 5.66. The zero-order valence-electron chi connectivity index (χ0n) is 14.0. The van der Waals surface area contributed by atoms with Gasteiger partial charge in [-0.05, 0) is 23.8 Å². The highest BCUT2D eigenvalue weighted by atomic mass is 35.5.